The Morgan fingerprint density at radius 2 is 2.38 bits per heavy atom. The fourth-order valence-corrected chi connectivity index (χ4v) is 1.77. The van der Waals surface area contributed by atoms with E-state index in [1.54, 1.807) is 6.07 Å². The van der Waals surface area contributed by atoms with Gasteiger partial charge in [0.05, 0.1) is 17.6 Å². The Morgan fingerprint density at radius 1 is 1.62 bits per heavy atom. The molecule has 0 unspecified atom stereocenters. The number of hydrogen-bond donors (Lipinski definition) is 2. The lowest BCUT2D eigenvalue weighted by atomic mass is 9.92. The molecule has 5 nitrogen and oxygen atoms in total. The molecule has 2 heterocycles. The highest BCUT2D eigenvalue weighted by molar-refractivity contribution is 6.30. The molecule has 0 aliphatic carbocycles. The number of nitrogens with one attached hydrogen (secondary N) is 1. The summed E-state index contributed by atoms with van der Waals surface area (Å²) < 4.78 is 5.64. The molecule has 0 aromatic carbocycles. The van der Waals surface area contributed by atoms with E-state index in [0.717, 1.165) is 0 Å². The van der Waals surface area contributed by atoms with Crippen molar-refractivity contribution in [2.75, 3.05) is 13.1 Å². The van der Waals surface area contributed by atoms with Gasteiger partial charge in [-0.15, -0.1) is 0 Å². The number of aromatic nitrogens is 1. The van der Waals surface area contributed by atoms with E-state index in [-0.39, 0.29) is 6.42 Å². The monoisotopic (exact) mass is 242 g/mol. The van der Waals surface area contributed by atoms with Crippen molar-refractivity contribution < 1.29 is 14.6 Å². The molecule has 16 heavy (non-hydrogen) atoms. The standard InChI is InChI=1S/C10H11ClN2O3/c11-7-1-8(4-12-3-7)16-10(2-9(14)15)5-13-6-10/h1,3-4,13H,2,5-6H2,(H,14,15). The third kappa shape index (κ3) is 2.43. The molecule has 2 rings (SSSR count). The van der Waals surface area contributed by atoms with E-state index >= 15 is 0 Å². The first-order chi connectivity index (χ1) is 7.60. The lowest BCUT2D eigenvalue weighted by molar-refractivity contribution is -0.143. The van der Waals surface area contributed by atoms with E-state index in [9.17, 15) is 4.79 Å². The fourth-order valence-electron chi connectivity index (χ4n) is 1.61. The van der Waals surface area contributed by atoms with Crippen LogP contribution in [0.4, 0.5) is 0 Å². The highest BCUT2D eigenvalue weighted by Crippen LogP contribution is 2.26. The lowest BCUT2D eigenvalue weighted by Crippen LogP contribution is -2.64. The zero-order valence-corrected chi connectivity index (χ0v) is 9.20. The summed E-state index contributed by atoms with van der Waals surface area (Å²) in [4.78, 5) is 14.6. The zero-order valence-electron chi connectivity index (χ0n) is 8.44. The summed E-state index contributed by atoms with van der Waals surface area (Å²) in [7, 11) is 0. The Hall–Kier alpha value is -1.33. The van der Waals surface area contributed by atoms with Crippen molar-refractivity contribution in [3.8, 4) is 5.75 Å². The molecule has 0 bridgehead atoms. The van der Waals surface area contributed by atoms with Crippen LogP contribution in [0.25, 0.3) is 0 Å². The van der Waals surface area contributed by atoms with Gasteiger partial charge in [-0.05, 0) is 0 Å². The zero-order chi connectivity index (χ0) is 11.6. The first-order valence-electron chi connectivity index (χ1n) is 4.82. The van der Waals surface area contributed by atoms with Gasteiger partial charge in [-0.3, -0.25) is 9.78 Å². The molecule has 1 aromatic rings. The molecule has 0 amide bonds. The topological polar surface area (TPSA) is 71.5 Å². The molecular weight excluding hydrogens is 232 g/mol. The van der Waals surface area contributed by atoms with Crippen LogP contribution in [0.5, 0.6) is 5.75 Å². The summed E-state index contributed by atoms with van der Waals surface area (Å²) in [5, 5.41) is 12.3. The predicted octanol–water partition coefficient (Wildman–Crippen LogP) is 0.930. The number of rotatable bonds is 4. The van der Waals surface area contributed by atoms with Crippen LogP contribution in [0.3, 0.4) is 0 Å². The van der Waals surface area contributed by atoms with Crippen LogP contribution < -0.4 is 10.1 Å². The second-order valence-corrected chi connectivity index (χ2v) is 4.23. The van der Waals surface area contributed by atoms with Crippen molar-refractivity contribution in [3.63, 3.8) is 0 Å². The number of carboxylic acid groups (broad SMARTS) is 1. The van der Waals surface area contributed by atoms with Gasteiger partial charge in [0.1, 0.15) is 11.4 Å². The molecule has 6 heteroatoms. The largest absolute Gasteiger partial charge is 0.482 e. The number of aliphatic carboxylic acids is 1. The van der Waals surface area contributed by atoms with Crippen LogP contribution in [0.2, 0.25) is 5.02 Å². The average molecular weight is 243 g/mol. The van der Waals surface area contributed by atoms with Crippen molar-refractivity contribution in [2.24, 2.45) is 0 Å². The minimum Gasteiger partial charge on any atom is -0.482 e. The molecule has 0 atom stereocenters. The highest BCUT2D eigenvalue weighted by atomic mass is 35.5. The van der Waals surface area contributed by atoms with Gasteiger partial charge in [0.25, 0.3) is 0 Å². The van der Waals surface area contributed by atoms with Gasteiger partial charge in [-0.1, -0.05) is 11.6 Å². The molecular formula is C10H11ClN2O3. The Kier molecular flexibility index (Phi) is 2.98. The quantitative estimate of drug-likeness (QED) is 0.822. The number of carbonyl (C=O) groups is 1. The highest BCUT2D eigenvalue weighted by Gasteiger charge is 2.41. The maximum Gasteiger partial charge on any atom is 0.307 e. The summed E-state index contributed by atoms with van der Waals surface area (Å²) in [6.45, 7) is 1.04. The van der Waals surface area contributed by atoms with E-state index in [2.05, 4.69) is 10.3 Å². The van der Waals surface area contributed by atoms with Crippen LogP contribution >= 0.6 is 11.6 Å². The number of halogens is 1. The predicted molar refractivity (Wildman–Crippen MR) is 57.7 cm³/mol. The third-order valence-corrected chi connectivity index (χ3v) is 2.59. The van der Waals surface area contributed by atoms with E-state index in [1.807, 2.05) is 0 Å². The normalized spacial score (nSPS) is 17.6. The van der Waals surface area contributed by atoms with Gasteiger partial charge in [0.2, 0.25) is 0 Å². The summed E-state index contributed by atoms with van der Waals surface area (Å²) in [6.07, 6.45) is 2.98. The minimum atomic E-state index is -0.878. The van der Waals surface area contributed by atoms with Crippen LogP contribution in [0, 0.1) is 0 Å². The van der Waals surface area contributed by atoms with Gasteiger partial charge < -0.3 is 15.2 Å². The van der Waals surface area contributed by atoms with Crippen LogP contribution in [0.15, 0.2) is 18.5 Å². The SMILES string of the molecule is O=C(O)CC1(Oc2cncc(Cl)c2)CNC1. The van der Waals surface area contributed by atoms with Gasteiger partial charge in [-0.25, -0.2) is 0 Å². The Bertz CT molecular complexity index is 407. The molecule has 0 saturated carbocycles. The van der Waals surface area contributed by atoms with Gasteiger partial charge in [0, 0.05) is 25.4 Å². The van der Waals surface area contributed by atoms with Gasteiger partial charge >= 0.3 is 5.97 Å². The summed E-state index contributed by atoms with van der Waals surface area (Å²) in [5.41, 5.74) is -0.668. The lowest BCUT2D eigenvalue weighted by Gasteiger charge is -2.41. The Balaban J connectivity index is 2.09. The van der Waals surface area contributed by atoms with Crippen LogP contribution in [-0.2, 0) is 4.79 Å². The number of carboxylic acids is 1. The van der Waals surface area contributed by atoms with Crippen LogP contribution in [0.1, 0.15) is 6.42 Å². The Labute approximate surface area is 97.4 Å². The second-order valence-electron chi connectivity index (χ2n) is 3.80. The van der Waals surface area contributed by atoms with E-state index in [1.165, 1.54) is 12.4 Å². The fraction of sp³-hybridized carbons (Fsp3) is 0.400. The van der Waals surface area contributed by atoms with Gasteiger partial charge in [0.15, 0.2) is 0 Å². The Morgan fingerprint density at radius 3 is 2.88 bits per heavy atom. The first kappa shape index (κ1) is 11.2. The molecule has 1 aliphatic heterocycles. The van der Waals surface area contributed by atoms with Crippen molar-refractivity contribution >= 4 is 17.6 Å². The maximum atomic E-state index is 10.7. The molecule has 0 radical (unpaired) electrons. The molecule has 0 spiro atoms. The van der Waals surface area contributed by atoms with E-state index in [4.69, 9.17) is 21.4 Å². The molecule has 1 aromatic heterocycles. The summed E-state index contributed by atoms with van der Waals surface area (Å²) in [5.74, 6) is -0.383. The van der Waals surface area contributed by atoms with Crippen molar-refractivity contribution in [3.05, 3.63) is 23.5 Å². The molecule has 86 valence electrons. The third-order valence-electron chi connectivity index (χ3n) is 2.38. The van der Waals surface area contributed by atoms with Crippen molar-refractivity contribution in [1.82, 2.24) is 10.3 Å². The maximum absolute atomic E-state index is 10.7. The van der Waals surface area contributed by atoms with Crippen molar-refractivity contribution in [1.29, 1.82) is 0 Å². The smallest absolute Gasteiger partial charge is 0.307 e. The molecule has 2 N–H and O–H groups in total. The molecule has 1 saturated heterocycles. The number of ether oxygens (including phenoxy) is 1. The van der Waals surface area contributed by atoms with Crippen molar-refractivity contribution in [2.45, 2.75) is 12.0 Å². The number of pyridine rings is 1. The average Bonchev–Trinajstić information content (AvgIpc) is 2.13. The minimum absolute atomic E-state index is 0.0352. The van der Waals surface area contributed by atoms with Crippen LogP contribution in [-0.4, -0.2) is 34.8 Å². The van der Waals surface area contributed by atoms with Gasteiger partial charge in [-0.2, -0.15) is 0 Å². The number of hydrogen-bond acceptors (Lipinski definition) is 4. The number of nitrogens with zero attached hydrogens (tertiary/aromatic N) is 1. The summed E-state index contributed by atoms with van der Waals surface area (Å²) in [6, 6.07) is 1.62. The molecule has 1 fully saturated rings. The van der Waals surface area contributed by atoms with E-state index in [0.29, 0.717) is 23.9 Å². The molecule has 1 aliphatic rings. The van der Waals surface area contributed by atoms with E-state index < -0.39 is 11.6 Å². The first-order valence-corrected chi connectivity index (χ1v) is 5.20. The second kappa shape index (κ2) is 4.27. The summed E-state index contributed by atoms with van der Waals surface area (Å²) >= 11 is 5.77.